The van der Waals surface area contributed by atoms with E-state index in [1.165, 1.54) is 19.0 Å². The van der Waals surface area contributed by atoms with Gasteiger partial charge in [-0.05, 0) is 58.7 Å². The van der Waals surface area contributed by atoms with Gasteiger partial charge in [-0.2, -0.15) is 0 Å². The lowest BCUT2D eigenvalue weighted by Crippen LogP contribution is -2.46. The van der Waals surface area contributed by atoms with Crippen molar-refractivity contribution in [3.8, 4) is 5.75 Å². The number of ether oxygens (including phenoxy) is 2. The molecule has 0 spiro atoms. The van der Waals surface area contributed by atoms with Crippen LogP contribution in [0.15, 0.2) is 18.2 Å². The Morgan fingerprint density at radius 2 is 1.79 bits per heavy atom. The van der Waals surface area contributed by atoms with E-state index in [2.05, 4.69) is 5.32 Å². The van der Waals surface area contributed by atoms with E-state index < -0.39 is 47.6 Å². The molecule has 1 fully saturated rings. The minimum absolute atomic E-state index is 0.109. The van der Waals surface area contributed by atoms with Crippen LogP contribution < -0.4 is 10.1 Å². The quantitative estimate of drug-likeness (QED) is 0.533. The molecule has 0 unspecified atom stereocenters. The molecule has 43 heavy (non-hydrogen) atoms. The van der Waals surface area contributed by atoms with Crippen molar-refractivity contribution in [3.63, 3.8) is 0 Å². The maximum absolute atomic E-state index is 13.7. The summed E-state index contributed by atoms with van der Waals surface area (Å²) in [6.45, 7) is 7.16. The first-order valence-electron chi connectivity index (χ1n) is 14.3. The summed E-state index contributed by atoms with van der Waals surface area (Å²) in [5, 5.41) is 13.4. The van der Waals surface area contributed by atoms with Crippen LogP contribution in [0.4, 0.5) is 4.79 Å². The number of likely N-dealkylation sites (N-methyl/N-ethyl adjacent to an activating group) is 2. The van der Waals surface area contributed by atoms with E-state index in [1.54, 1.807) is 44.7 Å². The first-order valence-corrected chi connectivity index (χ1v) is 14.3. The van der Waals surface area contributed by atoms with Crippen molar-refractivity contribution < 1.29 is 38.6 Å². The second kappa shape index (κ2) is 12.1. The molecule has 2 bridgehead atoms. The maximum Gasteiger partial charge on any atom is 0.407 e. The zero-order valence-corrected chi connectivity index (χ0v) is 25.8. The Morgan fingerprint density at radius 3 is 2.44 bits per heavy atom. The van der Waals surface area contributed by atoms with Crippen LogP contribution in [0.5, 0.6) is 5.75 Å². The van der Waals surface area contributed by atoms with Crippen LogP contribution in [-0.2, 0) is 26.2 Å². The number of fused-ring (bicyclic) bond motifs is 2. The molecule has 4 amide bonds. The molecule has 13 heteroatoms. The number of benzene rings is 1. The number of hydrogen-bond donors (Lipinski definition) is 2. The zero-order valence-electron chi connectivity index (χ0n) is 25.8. The highest BCUT2D eigenvalue weighted by molar-refractivity contribution is 6.09. The number of carbonyl (C=O) groups excluding carboxylic acids is 4. The Hall–Kier alpha value is -4.29. The zero-order chi connectivity index (χ0) is 31.8. The van der Waals surface area contributed by atoms with E-state index in [0.717, 1.165) is 10.4 Å². The van der Waals surface area contributed by atoms with E-state index in [-0.39, 0.29) is 38.4 Å². The van der Waals surface area contributed by atoms with Crippen LogP contribution in [-0.4, -0.2) is 112 Å². The Morgan fingerprint density at radius 1 is 1.09 bits per heavy atom. The maximum atomic E-state index is 13.7. The molecule has 2 aromatic rings. The highest BCUT2D eigenvalue weighted by Crippen LogP contribution is 2.31. The largest absolute Gasteiger partial charge is 0.491 e. The summed E-state index contributed by atoms with van der Waals surface area (Å²) in [5.41, 5.74) is 1.09. The standard InChI is InChI=1S/C30H41N5O8/c1-17-26-21-13-20(8-9-22(21)33(17)6)42-16-19-12-18(31-29(41)43-30(2,3)4)14-35(19)25(37)15-32(5)24(36)11-10-23(28(39)40)34(7)27(26)38/h8-9,13,18-19,23H,10-12,14-16H2,1-7H3,(H,31,41)(H,39,40)/t18-,19+,23+/m1/s1. The summed E-state index contributed by atoms with van der Waals surface area (Å²) >= 11 is 0. The van der Waals surface area contributed by atoms with Crippen molar-refractivity contribution in [2.45, 2.75) is 70.7 Å². The number of aromatic nitrogens is 1. The van der Waals surface area contributed by atoms with Crippen molar-refractivity contribution in [3.05, 3.63) is 29.5 Å². The van der Waals surface area contributed by atoms with Crippen LogP contribution >= 0.6 is 0 Å². The van der Waals surface area contributed by atoms with Gasteiger partial charge in [0.2, 0.25) is 11.8 Å². The van der Waals surface area contributed by atoms with E-state index in [0.29, 0.717) is 28.8 Å². The SMILES string of the molecule is Cc1c2c3cc(ccc3n1C)OC[C@@H]1C[C@@H](NC(=O)OC(C)(C)C)CN1C(=O)CN(C)C(=O)CC[C@@H](C(=O)O)N(C)C2=O. The number of aliphatic carboxylic acids is 1. The number of nitrogens with one attached hydrogen (secondary N) is 1. The van der Waals surface area contributed by atoms with Crippen LogP contribution in [0.25, 0.3) is 10.9 Å². The molecule has 0 saturated carbocycles. The summed E-state index contributed by atoms with van der Waals surface area (Å²) in [6, 6.07) is 3.28. The molecular formula is C30H41N5O8. The van der Waals surface area contributed by atoms with Crippen molar-refractivity contribution >= 4 is 40.7 Å². The van der Waals surface area contributed by atoms with Crippen molar-refractivity contribution in [1.29, 1.82) is 0 Å². The number of aryl methyl sites for hydroxylation is 1. The number of amides is 4. The molecule has 0 radical (unpaired) electrons. The molecule has 2 N–H and O–H groups in total. The number of hydrogen-bond acceptors (Lipinski definition) is 7. The molecule has 3 atom stereocenters. The molecule has 1 saturated heterocycles. The minimum Gasteiger partial charge on any atom is -0.491 e. The van der Waals surface area contributed by atoms with Crippen LogP contribution in [0.2, 0.25) is 0 Å². The highest BCUT2D eigenvalue weighted by atomic mass is 16.6. The Kier molecular flexibility index (Phi) is 8.93. The van der Waals surface area contributed by atoms with Gasteiger partial charge < -0.3 is 39.2 Å². The summed E-state index contributed by atoms with van der Waals surface area (Å²) in [7, 11) is 4.72. The van der Waals surface area contributed by atoms with Gasteiger partial charge in [0.05, 0.1) is 24.2 Å². The summed E-state index contributed by atoms with van der Waals surface area (Å²) in [4.78, 5) is 68.8. The smallest absolute Gasteiger partial charge is 0.407 e. The average molecular weight is 600 g/mol. The molecule has 4 rings (SSSR count). The lowest BCUT2D eigenvalue weighted by molar-refractivity contribution is -0.143. The minimum atomic E-state index is -1.26. The number of nitrogens with zero attached hydrogens (tertiary/aromatic N) is 4. The Labute approximate surface area is 250 Å². The molecule has 2 aliphatic rings. The average Bonchev–Trinajstić information content (AvgIpc) is 3.42. The van der Waals surface area contributed by atoms with Gasteiger partial charge in [0.1, 0.15) is 24.0 Å². The van der Waals surface area contributed by atoms with Gasteiger partial charge in [-0.1, -0.05) is 0 Å². The Bertz CT molecular complexity index is 1440. The third kappa shape index (κ3) is 6.86. The van der Waals surface area contributed by atoms with Crippen LogP contribution in [0.3, 0.4) is 0 Å². The monoisotopic (exact) mass is 599 g/mol. The molecule has 0 aliphatic carbocycles. The van der Waals surface area contributed by atoms with E-state index in [9.17, 15) is 29.1 Å². The van der Waals surface area contributed by atoms with Crippen molar-refractivity contribution in [1.82, 2.24) is 24.6 Å². The van der Waals surface area contributed by atoms with Gasteiger partial charge in [-0.3, -0.25) is 14.4 Å². The topological polar surface area (TPSA) is 151 Å². The third-order valence-corrected chi connectivity index (χ3v) is 8.08. The summed E-state index contributed by atoms with van der Waals surface area (Å²) < 4.78 is 13.4. The van der Waals surface area contributed by atoms with E-state index >= 15 is 0 Å². The lowest BCUT2D eigenvalue weighted by Gasteiger charge is -2.28. The predicted molar refractivity (Wildman–Crippen MR) is 157 cm³/mol. The fourth-order valence-electron chi connectivity index (χ4n) is 5.70. The highest BCUT2D eigenvalue weighted by Gasteiger charge is 2.38. The number of carboxylic acids is 1. The van der Waals surface area contributed by atoms with E-state index in [4.69, 9.17) is 9.47 Å². The second-order valence-electron chi connectivity index (χ2n) is 12.3. The first kappa shape index (κ1) is 31.6. The van der Waals surface area contributed by atoms with E-state index in [1.807, 2.05) is 17.7 Å². The van der Waals surface area contributed by atoms with Crippen LogP contribution in [0, 0.1) is 6.92 Å². The lowest BCUT2D eigenvalue weighted by atomic mass is 10.1. The van der Waals surface area contributed by atoms with Crippen molar-refractivity contribution in [2.24, 2.45) is 7.05 Å². The molecule has 1 aromatic carbocycles. The van der Waals surface area contributed by atoms with Crippen molar-refractivity contribution in [2.75, 3.05) is 33.8 Å². The number of alkyl carbamates (subject to hydrolysis) is 1. The molecule has 13 nitrogen and oxygen atoms in total. The molecule has 1 aromatic heterocycles. The molecular weight excluding hydrogens is 558 g/mol. The number of carboxylic acid groups (broad SMARTS) is 1. The fourth-order valence-corrected chi connectivity index (χ4v) is 5.70. The van der Waals surface area contributed by atoms with Gasteiger partial charge >= 0.3 is 12.1 Å². The summed E-state index contributed by atoms with van der Waals surface area (Å²) in [5.74, 6) is -2.00. The predicted octanol–water partition coefficient (Wildman–Crippen LogP) is 2.14. The second-order valence-corrected chi connectivity index (χ2v) is 12.3. The normalized spacial score (nSPS) is 22.4. The van der Waals surface area contributed by atoms with Gasteiger partial charge in [0, 0.05) is 50.7 Å². The van der Waals surface area contributed by atoms with Gasteiger partial charge in [0.15, 0.2) is 0 Å². The van der Waals surface area contributed by atoms with Crippen LogP contribution in [0.1, 0.15) is 56.1 Å². The van der Waals surface area contributed by atoms with Gasteiger partial charge in [-0.15, -0.1) is 0 Å². The molecule has 2 aliphatic heterocycles. The molecule has 3 heterocycles. The number of rotatable bonds is 2. The fraction of sp³-hybridized carbons (Fsp3) is 0.567. The summed E-state index contributed by atoms with van der Waals surface area (Å²) in [6.07, 6.45) is -0.481. The Balaban J connectivity index is 1.69. The van der Waals surface area contributed by atoms with Gasteiger partial charge in [-0.25, -0.2) is 9.59 Å². The first-order chi connectivity index (χ1) is 20.1. The number of carbonyl (C=O) groups is 5. The van der Waals surface area contributed by atoms with Gasteiger partial charge in [0.25, 0.3) is 5.91 Å². The third-order valence-electron chi connectivity index (χ3n) is 8.08. The molecule has 234 valence electrons.